The molecular weight excluding hydrogens is 254 g/mol. The SMILES string of the molecule is CCOc1ccccc1-c1noc(CCCC(C)N)n1. The predicted molar refractivity (Wildman–Crippen MR) is 77.5 cm³/mol. The van der Waals surface area contributed by atoms with E-state index in [1.165, 1.54) is 0 Å². The van der Waals surface area contributed by atoms with Gasteiger partial charge in [-0.1, -0.05) is 17.3 Å². The molecule has 0 saturated carbocycles. The minimum Gasteiger partial charge on any atom is -0.493 e. The van der Waals surface area contributed by atoms with Gasteiger partial charge in [0.2, 0.25) is 11.7 Å². The van der Waals surface area contributed by atoms with Gasteiger partial charge in [-0.15, -0.1) is 0 Å². The van der Waals surface area contributed by atoms with Gasteiger partial charge in [0.25, 0.3) is 0 Å². The third-order valence-electron chi connectivity index (χ3n) is 2.95. The minimum atomic E-state index is 0.205. The Morgan fingerprint density at radius 2 is 2.15 bits per heavy atom. The number of benzene rings is 1. The van der Waals surface area contributed by atoms with E-state index in [0.717, 1.165) is 30.6 Å². The van der Waals surface area contributed by atoms with Crippen molar-refractivity contribution in [2.45, 2.75) is 39.2 Å². The Morgan fingerprint density at radius 1 is 1.35 bits per heavy atom. The quantitative estimate of drug-likeness (QED) is 0.841. The van der Waals surface area contributed by atoms with Gasteiger partial charge < -0.3 is 15.0 Å². The molecule has 2 N–H and O–H groups in total. The van der Waals surface area contributed by atoms with E-state index in [1.807, 2.05) is 38.1 Å². The molecule has 1 heterocycles. The largest absolute Gasteiger partial charge is 0.493 e. The second kappa shape index (κ2) is 7.05. The van der Waals surface area contributed by atoms with Crippen LogP contribution in [0.1, 0.15) is 32.6 Å². The summed E-state index contributed by atoms with van der Waals surface area (Å²) >= 11 is 0. The van der Waals surface area contributed by atoms with Crippen LogP contribution < -0.4 is 10.5 Å². The minimum absolute atomic E-state index is 0.205. The van der Waals surface area contributed by atoms with Crippen molar-refractivity contribution in [3.63, 3.8) is 0 Å². The zero-order valence-corrected chi connectivity index (χ0v) is 12.0. The Kier molecular flexibility index (Phi) is 5.12. The first kappa shape index (κ1) is 14.5. The van der Waals surface area contributed by atoms with E-state index in [-0.39, 0.29) is 6.04 Å². The molecule has 20 heavy (non-hydrogen) atoms. The number of rotatable bonds is 7. The number of hydrogen-bond acceptors (Lipinski definition) is 5. The maximum Gasteiger partial charge on any atom is 0.226 e. The molecule has 1 aromatic carbocycles. The van der Waals surface area contributed by atoms with Gasteiger partial charge in [-0.2, -0.15) is 4.98 Å². The third-order valence-corrected chi connectivity index (χ3v) is 2.95. The number of nitrogens with zero attached hydrogens (tertiary/aromatic N) is 2. The normalized spacial score (nSPS) is 12.3. The Hall–Kier alpha value is -1.88. The average Bonchev–Trinajstić information content (AvgIpc) is 2.88. The summed E-state index contributed by atoms with van der Waals surface area (Å²) in [5, 5.41) is 4.03. The number of hydrogen-bond donors (Lipinski definition) is 1. The summed E-state index contributed by atoms with van der Waals surface area (Å²) < 4.78 is 10.9. The number of aromatic nitrogens is 2. The zero-order valence-electron chi connectivity index (χ0n) is 12.0. The van der Waals surface area contributed by atoms with Crippen LogP contribution in [0.2, 0.25) is 0 Å². The molecular formula is C15H21N3O2. The molecule has 0 saturated heterocycles. The van der Waals surface area contributed by atoms with Gasteiger partial charge in [0.05, 0.1) is 12.2 Å². The topological polar surface area (TPSA) is 74.2 Å². The molecule has 2 rings (SSSR count). The van der Waals surface area contributed by atoms with Crippen LogP contribution in [0, 0.1) is 0 Å². The highest BCUT2D eigenvalue weighted by Gasteiger charge is 2.13. The Balaban J connectivity index is 2.08. The highest BCUT2D eigenvalue weighted by Crippen LogP contribution is 2.27. The second-order valence-corrected chi connectivity index (χ2v) is 4.81. The van der Waals surface area contributed by atoms with Crippen molar-refractivity contribution < 1.29 is 9.26 Å². The van der Waals surface area contributed by atoms with Crippen molar-refractivity contribution in [2.75, 3.05) is 6.61 Å². The van der Waals surface area contributed by atoms with Crippen LogP contribution in [-0.4, -0.2) is 22.8 Å². The van der Waals surface area contributed by atoms with E-state index < -0.39 is 0 Å². The first-order chi connectivity index (χ1) is 9.70. The molecule has 5 heteroatoms. The molecule has 0 aliphatic rings. The summed E-state index contributed by atoms with van der Waals surface area (Å²) in [6.45, 7) is 4.56. The molecule has 0 amide bonds. The lowest BCUT2D eigenvalue weighted by molar-refractivity contribution is 0.340. The molecule has 0 aliphatic carbocycles. The lowest BCUT2D eigenvalue weighted by Gasteiger charge is -2.06. The van der Waals surface area contributed by atoms with E-state index in [0.29, 0.717) is 18.3 Å². The van der Waals surface area contributed by atoms with Crippen molar-refractivity contribution in [1.82, 2.24) is 10.1 Å². The summed E-state index contributed by atoms with van der Waals surface area (Å²) in [5.41, 5.74) is 6.58. The van der Waals surface area contributed by atoms with Crippen LogP contribution in [0.3, 0.4) is 0 Å². The van der Waals surface area contributed by atoms with Gasteiger partial charge in [0.1, 0.15) is 5.75 Å². The lowest BCUT2D eigenvalue weighted by Crippen LogP contribution is -2.14. The number of aryl methyl sites for hydroxylation is 1. The van der Waals surface area contributed by atoms with Gasteiger partial charge in [-0.05, 0) is 38.8 Å². The molecule has 1 unspecified atom stereocenters. The van der Waals surface area contributed by atoms with E-state index in [1.54, 1.807) is 0 Å². The molecule has 108 valence electrons. The van der Waals surface area contributed by atoms with Gasteiger partial charge in [0, 0.05) is 12.5 Å². The summed E-state index contributed by atoms with van der Waals surface area (Å²) in [5.74, 6) is 2.00. The maximum absolute atomic E-state index is 5.72. The third kappa shape index (κ3) is 3.81. The molecule has 1 atom stereocenters. The first-order valence-corrected chi connectivity index (χ1v) is 7.01. The molecule has 2 aromatic rings. The van der Waals surface area contributed by atoms with E-state index in [4.69, 9.17) is 15.0 Å². The summed E-state index contributed by atoms with van der Waals surface area (Å²) in [7, 11) is 0. The highest BCUT2D eigenvalue weighted by atomic mass is 16.5. The summed E-state index contributed by atoms with van der Waals surface area (Å²) in [6, 6.07) is 7.91. The highest BCUT2D eigenvalue weighted by molar-refractivity contribution is 5.63. The molecule has 0 bridgehead atoms. The molecule has 0 fully saturated rings. The molecule has 1 aromatic heterocycles. The monoisotopic (exact) mass is 275 g/mol. The Labute approximate surface area is 119 Å². The van der Waals surface area contributed by atoms with Gasteiger partial charge >= 0.3 is 0 Å². The number of nitrogens with two attached hydrogens (primary N) is 1. The standard InChI is InChI=1S/C15H21N3O2/c1-3-19-13-9-5-4-8-12(13)15-17-14(20-18-15)10-6-7-11(2)16/h4-5,8-9,11H,3,6-7,10,16H2,1-2H3. The Morgan fingerprint density at radius 3 is 2.90 bits per heavy atom. The van der Waals surface area contributed by atoms with Crippen molar-refractivity contribution in [3.8, 4) is 17.1 Å². The molecule has 0 radical (unpaired) electrons. The average molecular weight is 275 g/mol. The van der Waals surface area contributed by atoms with Crippen LogP contribution in [0.4, 0.5) is 0 Å². The Bertz CT molecular complexity index is 537. The molecule has 0 aliphatic heterocycles. The fraction of sp³-hybridized carbons (Fsp3) is 0.467. The molecule has 5 nitrogen and oxygen atoms in total. The van der Waals surface area contributed by atoms with E-state index in [9.17, 15) is 0 Å². The van der Waals surface area contributed by atoms with Crippen molar-refractivity contribution in [2.24, 2.45) is 5.73 Å². The van der Waals surface area contributed by atoms with Crippen LogP contribution in [0.15, 0.2) is 28.8 Å². The zero-order chi connectivity index (χ0) is 14.4. The van der Waals surface area contributed by atoms with Crippen molar-refractivity contribution in [1.29, 1.82) is 0 Å². The smallest absolute Gasteiger partial charge is 0.226 e. The van der Waals surface area contributed by atoms with E-state index in [2.05, 4.69) is 10.1 Å². The first-order valence-electron chi connectivity index (χ1n) is 7.01. The number of ether oxygens (including phenoxy) is 1. The van der Waals surface area contributed by atoms with Crippen LogP contribution in [0.5, 0.6) is 5.75 Å². The fourth-order valence-electron chi connectivity index (χ4n) is 1.97. The fourth-order valence-corrected chi connectivity index (χ4v) is 1.97. The predicted octanol–water partition coefficient (Wildman–Crippen LogP) is 2.81. The van der Waals surface area contributed by atoms with Crippen molar-refractivity contribution in [3.05, 3.63) is 30.2 Å². The summed E-state index contributed by atoms with van der Waals surface area (Å²) in [6.07, 6.45) is 2.66. The van der Waals surface area contributed by atoms with Gasteiger partial charge in [0.15, 0.2) is 0 Å². The second-order valence-electron chi connectivity index (χ2n) is 4.81. The summed E-state index contributed by atoms with van der Waals surface area (Å²) in [4.78, 5) is 4.42. The maximum atomic E-state index is 5.72. The molecule has 0 spiro atoms. The van der Waals surface area contributed by atoms with Gasteiger partial charge in [-0.3, -0.25) is 0 Å². The van der Waals surface area contributed by atoms with Crippen LogP contribution in [0.25, 0.3) is 11.4 Å². The lowest BCUT2D eigenvalue weighted by atomic mass is 10.1. The van der Waals surface area contributed by atoms with Crippen LogP contribution >= 0.6 is 0 Å². The van der Waals surface area contributed by atoms with Crippen LogP contribution in [-0.2, 0) is 6.42 Å². The van der Waals surface area contributed by atoms with Gasteiger partial charge in [-0.25, -0.2) is 0 Å². The van der Waals surface area contributed by atoms with E-state index >= 15 is 0 Å². The number of para-hydroxylation sites is 1. The van der Waals surface area contributed by atoms with Crippen molar-refractivity contribution >= 4 is 0 Å².